The molecule has 0 bridgehead atoms. The first-order valence-corrected chi connectivity index (χ1v) is 6.29. The fourth-order valence-corrected chi connectivity index (χ4v) is 1.98. The molecule has 2 aromatic rings. The molecule has 1 N–H and O–H groups in total. The van der Waals surface area contributed by atoms with E-state index in [0.717, 1.165) is 5.56 Å². The standard InChI is InChI=1S/C14H13ClN2O3/c1-7-4-5-11(10(15)6-7)20-13-12(14(18)19)8(2)9(3)16-17-13/h4-6H,1-3H3,(H,18,19). The van der Waals surface area contributed by atoms with Gasteiger partial charge in [0.05, 0.1) is 10.7 Å². The number of aryl methyl sites for hydroxylation is 2. The molecule has 1 heterocycles. The van der Waals surface area contributed by atoms with Crippen LogP contribution in [0.1, 0.15) is 27.2 Å². The molecule has 0 saturated carbocycles. The summed E-state index contributed by atoms with van der Waals surface area (Å²) in [6.07, 6.45) is 0. The molecule has 1 aromatic heterocycles. The summed E-state index contributed by atoms with van der Waals surface area (Å²) < 4.78 is 5.51. The summed E-state index contributed by atoms with van der Waals surface area (Å²) in [6, 6.07) is 5.21. The first kappa shape index (κ1) is 14.3. The second-order valence-corrected chi connectivity index (χ2v) is 4.84. The van der Waals surface area contributed by atoms with E-state index in [4.69, 9.17) is 16.3 Å². The monoisotopic (exact) mass is 292 g/mol. The fourth-order valence-electron chi connectivity index (χ4n) is 1.70. The number of aromatic carboxylic acids is 1. The zero-order chi connectivity index (χ0) is 14.9. The minimum Gasteiger partial charge on any atom is -0.477 e. The second kappa shape index (κ2) is 5.46. The van der Waals surface area contributed by atoms with Crippen LogP contribution in [0.4, 0.5) is 0 Å². The Morgan fingerprint density at radius 2 is 1.95 bits per heavy atom. The zero-order valence-electron chi connectivity index (χ0n) is 11.3. The van der Waals surface area contributed by atoms with Crippen LogP contribution in [0.25, 0.3) is 0 Å². The highest BCUT2D eigenvalue weighted by Gasteiger charge is 2.20. The summed E-state index contributed by atoms with van der Waals surface area (Å²) in [4.78, 5) is 11.3. The molecule has 0 aliphatic rings. The van der Waals surface area contributed by atoms with Gasteiger partial charge in [-0.15, -0.1) is 5.10 Å². The van der Waals surface area contributed by atoms with Crippen molar-refractivity contribution in [3.8, 4) is 11.6 Å². The largest absolute Gasteiger partial charge is 0.477 e. The van der Waals surface area contributed by atoms with Crippen molar-refractivity contribution < 1.29 is 14.6 Å². The van der Waals surface area contributed by atoms with Gasteiger partial charge in [-0.1, -0.05) is 17.7 Å². The summed E-state index contributed by atoms with van der Waals surface area (Å²) >= 11 is 6.06. The Bertz CT molecular complexity index is 686. The van der Waals surface area contributed by atoms with Crippen LogP contribution >= 0.6 is 11.6 Å². The second-order valence-electron chi connectivity index (χ2n) is 4.43. The summed E-state index contributed by atoms with van der Waals surface area (Å²) in [5.41, 5.74) is 2.04. The summed E-state index contributed by atoms with van der Waals surface area (Å²) in [7, 11) is 0. The Morgan fingerprint density at radius 3 is 2.55 bits per heavy atom. The van der Waals surface area contributed by atoms with Crippen molar-refractivity contribution in [1.29, 1.82) is 0 Å². The Labute approximate surface area is 121 Å². The number of hydrogen-bond donors (Lipinski definition) is 1. The van der Waals surface area contributed by atoms with Crippen LogP contribution in [-0.2, 0) is 0 Å². The van der Waals surface area contributed by atoms with Gasteiger partial charge >= 0.3 is 5.97 Å². The lowest BCUT2D eigenvalue weighted by molar-refractivity contribution is 0.0692. The molecule has 104 valence electrons. The Kier molecular flexibility index (Phi) is 3.90. The highest BCUT2D eigenvalue weighted by Crippen LogP contribution is 2.31. The Balaban J connectivity index is 2.48. The van der Waals surface area contributed by atoms with Gasteiger partial charge in [-0.2, -0.15) is 5.10 Å². The molecule has 2 rings (SSSR count). The van der Waals surface area contributed by atoms with E-state index >= 15 is 0 Å². The maximum absolute atomic E-state index is 11.3. The minimum absolute atomic E-state index is 0.00542. The first-order valence-electron chi connectivity index (χ1n) is 5.91. The van der Waals surface area contributed by atoms with Gasteiger partial charge in [-0.3, -0.25) is 0 Å². The number of rotatable bonds is 3. The summed E-state index contributed by atoms with van der Waals surface area (Å²) in [5.74, 6) is -0.831. The third-order valence-electron chi connectivity index (χ3n) is 2.93. The van der Waals surface area contributed by atoms with Crippen molar-refractivity contribution in [3.63, 3.8) is 0 Å². The highest BCUT2D eigenvalue weighted by molar-refractivity contribution is 6.32. The number of ether oxygens (including phenoxy) is 1. The predicted molar refractivity (Wildman–Crippen MR) is 74.7 cm³/mol. The van der Waals surface area contributed by atoms with E-state index in [2.05, 4.69) is 10.2 Å². The smallest absolute Gasteiger partial charge is 0.341 e. The SMILES string of the molecule is Cc1ccc(Oc2nnc(C)c(C)c2C(=O)O)c(Cl)c1. The average Bonchev–Trinajstić information content (AvgIpc) is 2.36. The maximum Gasteiger partial charge on any atom is 0.341 e. The predicted octanol–water partition coefficient (Wildman–Crippen LogP) is 3.55. The average molecular weight is 293 g/mol. The third-order valence-corrected chi connectivity index (χ3v) is 3.23. The van der Waals surface area contributed by atoms with Gasteiger partial charge in [0.25, 0.3) is 5.88 Å². The molecular formula is C14H13ClN2O3. The van der Waals surface area contributed by atoms with Crippen molar-refractivity contribution in [3.05, 3.63) is 45.6 Å². The molecule has 0 amide bonds. The van der Waals surface area contributed by atoms with Crippen LogP contribution < -0.4 is 4.74 Å². The molecule has 0 aliphatic carbocycles. The molecule has 6 heteroatoms. The van der Waals surface area contributed by atoms with Gasteiger partial charge in [0.2, 0.25) is 0 Å². The molecular weight excluding hydrogens is 280 g/mol. The van der Waals surface area contributed by atoms with E-state index in [-0.39, 0.29) is 11.4 Å². The van der Waals surface area contributed by atoms with Crippen LogP contribution in [0.2, 0.25) is 5.02 Å². The number of hydrogen-bond acceptors (Lipinski definition) is 4. The van der Waals surface area contributed by atoms with E-state index < -0.39 is 5.97 Å². The number of carbonyl (C=O) groups is 1. The van der Waals surface area contributed by atoms with Crippen molar-refractivity contribution in [1.82, 2.24) is 10.2 Å². The van der Waals surface area contributed by atoms with Gasteiger partial charge in [0.1, 0.15) is 11.3 Å². The van der Waals surface area contributed by atoms with Crippen LogP contribution in [-0.4, -0.2) is 21.3 Å². The van der Waals surface area contributed by atoms with E-state index in [1.165, 1.54) is 0 Å². The van der Waals surface area contributed by atoms with E-state index in [1.807, 2.05) is 13.0 Å². The van der Waals surface area contributed by atoms with Crippen molar-refractivity contribution in [2.75, 3.05) is 0 Å². The van der Waals surface area contributed by atoms with Crippen LogP contribution in [0.15, 0.2) is 18.2 Å². The number of carboxylic acid groups (broad SMARTS) is 1. The van der Waals surface area contributed by atoms with Gasteiger partial charge in [0, 0.05) is 0 Å². The molecule has 0 spiro atoms. The van der Waals surface area contributed by atoms with Crippen LogP contribution in [0.3, 0.4) is 0 Å². The van der Waals surface area contributed by atoms with E-state index in [0.29, 0.717) is 22.0 Å². The molecule has 0 fully saturated rings. The quantitative estimate of drug-likeness (QED) is 0.936. The number of aromatic nitrogens is 2. The lowest BCUT2D eigenvalue weighted by atomic mass is 10.1. The molecule has 0 radical (unpaired) electrons. The van der Waals surface area contributed by atoms with Crippen LogP contribution in [0.5, 0.6) is 11.6 Å². The lowest BCUT2D eigenvalue weighted by Gasteiger charge is -2.11. The molecule has 0 unspecified atom stereocenters. The van der Waals surface area contributed by atoms with Gasteiger partial charge in [-0.25, -0.2) is 4.79 Å². The normalized spacial score (nSPS) is 10.4. The van der Waals surface area contributed by atoms with Crippen molar-refractivity contribution in [2.24, 2.45) is 0 Å². The van der Waals surface area contributed by atoms with Gasteiger partial charge in [-0.05, 0) is 44.0 Å². The zero-order valence-corrected chi connectivity index (χ0v) is 12.0. The van der Waals surface area contributed by atoms with Gasteiger partial charge < -0.3 is 9.84 Å². The number of nitrogens with zero attached hydrogens (tertiary/aromatic N) is 2. The van der Waals surface area contributed by atoms with E-state index in [9.17, 15) is 9.90 Å². The third kappa shape index (κ3) is 2.72. The highest BCUT2D eigenvalue weighted by atomic mass is 35.5. The Hall–Kier alpha value is -2.14. The molecule has 0 saturated heterocycles. The summed E-state index contributed by atoms with van der Waals surface area (Å²) in [5, 5.41) is 17.4. The van der Waals surface area contributed by atoms with Crippen molar-refractivity contribution in [2.45, 2.75) is 20.8 Å². The van der Waals surface area contributed by atoms with E-state index in [1.54, 1.807) is 26.0 Å². The maximum atomic E-state index is 11.3. The topological polar surface area (TPSA) is 72.3 Å². The number of halogens is 1. The Morgan fingerprint density at radius 1 is 1.25 bits per heavy atom. The molecule has 0 aliphatic heterocycles. The molecule has 20 heavy (non-hydrogen) atoms. The lowest BCUT2D eigenvalue weighted by Crippen LogP contribution is -2.08. The first-order chi connectivity index (χ1) is 9.40. The summed E-state index contributed by atoms with van der Waals surface area (Å²) in [6.45, 7) is 5.25. The van der Waals surface area contributed by atoms with Gasteiger partial charge in [0.15, 0.2) is 0 Å². The molecule has 0 atom stereocenters. The number of carboxylic acids is 1. The fraction of sp³-hybridized carbons (Fsp3) is 0.214. The molecule has 5 nitrogen and oxygen atoms in total. The van der Waals surface area contributed by atoms with Crippen LogP contribution in [0, 0.1) is 20.8 Å². The molecule has 1 aromatic carbocycles. The minimum atomic E-state index is -1.11. The number of benzene rings is 1. The van der Waals surface area contributed by atoms with Crippen molar-refractivity contribution >= 4 is 17.6 Å².